The number of anilines is 1. The van der Waals surface area contributed by atoms with Gasteiger partial charge in [0.05, 0.1) is 0 Å². The average molecular weight is 461 g/mol. The van der Waals surface area contributed by atoms with Crippen LogP contribution in [0.15, 0.2) is 64.2 Å². The lowest BCUT2D eigenvalue weighted by atomic mass is 10.1. The second-order valence-electron chi connectivity index (χ2n) is 8.62. The molecule has 2 aromatic carbocycles. The molecule has 1 atom stereocenters. The number of aromatic nitrogens is 3. The van der Waals surface area contributed by atoms with Gasteiger partial charge in [-0.1, -0.05) is 17.3 Å². The highest BCUT2D eigenvalue weighted by molar-refractivity contribution is 5.88. The van der Waals surface area contributed by atoms with Crippen molar-refractivity contribution < 1.29 is 13.7 Å². The summed E-state index contributed by atoms with van der Waals surface area (Å²) in [5.74, 6) is -0.548. The van der Waals surface area contributed by atoms with E-state index in [1.54, 1.807) is 4.90 Å². The van der Waals surface area contributed by atoms with Crippen molar-refractivity contribution >= 4 is 22.7 Å². The van der Waals surface area contributed by atoms with E-state index in [0.29, 0.717) is 25.2 Å². The minimum atomic E-state index is -0.426. The first-order chi connectivity index (χ1) is 16.4. The third-order valence-corrected chi connectivity index (χ3v) is 6.20. The standard InChI is InChI=1S/C25H24FN5O3/c1-16-4-3-5-20(12-16)31-11-10-29(13-17(31)2)21(32)14-30-15-27-24-22(25(30)33)23(28-34-24)18-6-8-19(26)9-7-18/h3-9,12,15,17H,10-11,13-14H2,1-2H3. The maximum absolute atomic E-state index is 13.3. The highest BCUT2D eigenvalue weighted by atomic mass is 19.1. The fourth-order valence-electron chi connectivity index (χ4n) is 4.42. The summed E-state index contributed by atoms with van der Waals surface area (Å²) >= 11 is 0. The Balaban J connectivity index is 1.35. The van der Waals surface area contributed by atoms with Gasteiger partial charge in [0.15, 0.2) is 0 Å². The highest BCUT2D eigenvalue weighted by Crippen LogP contribution is 2.25. The zero-order valence-corrected chi connectivity index (χ0v) is 18.9. The van der Waals surface area contributed by atoms with Crippen LogP contribution in [0.2, 0.25) is 0 Å². The van der Waals surface area contributed by atoms with E-state index in [1.165, 1.54) is 40.7 Å². The van der Waals surface area contributed by atoms with Crippen LogP contribution in [0.25, 0.3) is 22.4 Å². The normalized spacial score (nSPS) is 16.3. The van der Waals surface area contributed by atoms with Crippen molar-refractivity contribution in [2.45, 2.75) is 26.4 Å². The van der Waals surface area contributed by atoms with Crippen molar-refractivity contribution in [1.29, 1.82) is 0 Å². The molecular weight excluding hydrogens is 437 g/mol. The number of rotatable bonds is 4. The van der Waals surface area contributed by atoms with Crippen molar-refractivity contribution in [3.63, 3.8) is 0 Å². The second-order valence-corrected chi connectivity index (χ2v) is 8.62. The maximum atomic E-state index is 13.3. The molecule has 1 saturated heterocycles. The smallest absolute Gasteiger partial charge is 0.267 e. The summed E-state index contributed by atoms with van der Waals surface area (Å²) in [6, 6.07) is 14.1. The topological polar surface area (TPSA) is 84.5 Å². The van der Waals surface area contributed by atoms with E-state index in [2.05, 4.69) is 47.1 Å². The minimum Gasteiger partial charge on any atom is -0.365 e. The molecule has 0 N–H and O–H groups in total. The first kappa shape index (κ1) is 21.8. The Bertz CT molecular complexity index is 1410. The SMILES string of the molecule is Cc1cccc(N2CCN(C(=O)Cn3cnc4onc(-c5ccc(F)cc5)c4c3=O)CC2C)c1. The first-order valence-corrected chi connectivity index (χ1v) is 11.1. The Kier molecular flexibility index (Phi) is 5.61. The van der Waals surface area contributed by atoms with E-state index in [9.17, 15) is 14.0 Å². The molecule has 5 rings (SSSR count). The van der Waals surface area contributed by atoms with Crippen molar-refractivity contribution in [1.82, 2.24) is 19.6 Å². The zero-order chi connectivity index (χ0) is 23.8. The van der Waals surface area contributed by atoms with Gasteiger partial charge in [-0.25, -0.2) is 9.37 Å². The number of piperazine rings is 1. The van der Waals surface area contributed by atoms with Crippen molar-refractivity contribution in [3.8, 4) is 11.3 Å². The van der Waals surface area contributed by atoms with Crippen LogP contribution in [-0.4, -0.2) is 51.2 Å². The van der Waals surface area contributed by atoms with Crippen LogP contribution in [-0.2, 0) is 11.3 Å². The van der Waals surface area contributed by atoms with Crippen molar-refractivity contribution in [2.24, 2.45) is 0 Å². The van der Waals surface area contributed by atoms with Gasteiger partial charge in [0.2, 0.25) is 5.91 Å². The van der Waals surface area contributed by atoms with E-state index in [0.717, 1.165) is 5.69 Å². The molecule has 0 bridgehead atoms. The Morgan fingerprint density at radius 2 is 1.97 bits per heavy atom. The van der Waals surface area contributed by atoms with Gasteiger partial charge in [0.1, 0.15) is 29.8 Å². The zero-order valence-electron chi connectivity index (χ0n) is 18.9. The Morgan fingerprint density at radius 1 is 1.18 bits per heavy atom. The van der Waals surface area contributed by atoms with Gasteiger partial charge in [-0.05, 0) is 55.8 Å². The van der Waals surface area contributed by atoms with E-state index >= 15 is 0 Å². The monoisotopic (exact) mass is 461 g/mol. The summed E-state index contributed by atoms with van der Waals surface area (Å²) in [6.45, 7) is 5.86. The van der Waals surface area contributed by atoms with Crippen LogP contribution >= 0.6 is 0 Å². The molecule has 8 nitrogen and oxygen atoms in total. The number of fused-ring (bicyclic) bond motifs is 1. The molecule has 0 aliphatic carbocycles. The summed E-state index contributed by atoms with van der Waals surface area (Å²) in [7, 11) is 0. The van der Waals surface area contributed by atoms with Crippen LogP contribution in [0.1, 0.15) is 12.5 Å². The van der Waals surface area contributed by atoms with Crippen LogP contribution in [0.5, 0.6) is 0 Å². The number of aryl methyl sites for hydroxylation is 1. The summed E-state index contributed by atoms with van der Waals surface area (Å²) < 4.78 is 19.8. The number of nitrogens with zero attached hydrogens (tertiary/aromatic N) is 5. The molecule has 2 aromatic heterocycles. The fourth-order valence-corrected chi connectivity index (χ4v) is 4.42. The second kappa shape index (κ2) is 8.74. The maximum Gasteiger partial charge on any atom is 0.267 e. The summed E-state index contributed by atoms with van der Waals surface area (Å²) in [5, 5.41) is 4.11. The number of carbonyl (C=O) groups excluding carboxylic acids is 1. The van der Waals surface area contributed by atoms with Crippen LogP contribution in [0.3, 0.4) is 0 Å². The molecular formula is C25H24FN5O3. The third kappa shape index (κ3) is 4.05. The molecule has 1 fully saturated rings. The van der Waals surface area contributed by atoms with E-state index in [-0.39, 0.29) is 35.3 Å². The van der Waals surface area contributed by atoms with Crippen molar-refractivity contribution in [3.05, 3.63) is 76.6 Å². The van der Waals surface area contributed by atoms with Gasteiger partial charge in [-0.15, -0.1) is 0 Å². The average Bonchev–Trinajstić information content (AvgIpc) is 3.26. The van der Waals surface area contributed by atoms with Crippen LogP contribution in [0, 0.1) is 12.7 Å². The number of carbonyl (C=O) groups is 1. The van der Waals surface area contributed by atoms with Gasteiger partial charge in [-0.2, -0.15) is 0 Å². The molecule has 0 radical (unpaired) electrons. The molecule has 1 unspecified atom stereocenters. The van der Waals surface area contributed by atoms with Gasteiger partial charge in [-0.3, -0.25) is 14.2 Å². The lowest BCUT2D eigenvalue weighted by Gasteiger charge is -2.41. The molecule has 0 spiro atoms. The van der Waals surface area contributed by atoms with Gasteiger partial charge in [0.25, 0.3) is 11.3 Å². The Hall–Kier alpha value is -4.01. The molecule has 4 aromatic rings. The fraction of sp³-hybridized carbons (Fsp3) is 0.280. The van der Waals surface area contributed by atoms with Gasteiger partial charge < -0.3 is 14.3 Å². The molecule has 1 amide bonds. The van der Waals surface area contributed by atoms with Crippen molar-refractivity contribution in [2.75, 3.05) is 24.5 Å². The largest absolute Gasteiger partial charge is 0.365 e. The molecule has 9 heteroatoms. The Labute approximate surface area is 195 Å². The van der Waals surface area contributed by atoms with Crippen LogP contribution in [0.4, 0.5) is 10.1 Å². The molecule has 1 aliphatic heterocycles. The summed E-state index contributed by atoms with van der Waals surface area (Å²) in [5.41, 5.74) is 2.79. The summed E-state index contributed by atoms with van der Waals surface area (Å²) in [6.07, 6.45) is 1.30. The molecule has 0 saturated carbocycles. The quantitative estimate of drug-likeness (QED) is 0.464. The highest BCUT2D eigenvalue weighted by Gasteiger charge is 2.27. The van der Waals surface area contributed by atoms with Gasteiger partial charge >= 0.3 is 0 Å². The van der Waals surface area contributed by atoms with E-state index in [4.69, 9.17) is 4.52 Å². The van der Waals surface area contributed by atoms with Crippen LogP contribution < -0.4 is 10.5 Å². The predicted molar refractivity (Wildman–Crippen MR) is 126 cm³/mol. The van der Waals surface area contributed by atoms with E-state index in [1.807, 2.05) is 6.07 Å². The van der Waals surface area contributed by atoms with Gasteiger partial charge in [0, 0.05) is 36.9 Å². The first-order valence-electron chi connectivity index (χ1n) is 11.1. The molecule has 1 aliphatic rings. The Morgan fingerprint density at radius 3 is 2.71 bits per heavy atom. The lowest BCUT2D eigenvalue weighted by molar-refractivity contribution is -0.132. The number of benzene rings is 2. The number of hydrogen-bond donors (Lipinski definition) is 0. The molecule has 174 valence electrons. The lowest BCUT2D eigenvalue weighted by Crippen LogP contribution is -2.54. The third-order valence-electron chi connectivity index (χ3n) is 6.20. The number of halogens is 1. The minimum absolute atomic E-state index is 0.0772. The molecule has 34 heavy (non-hydrogen) atoms. The summed E-state index contributed by atoms with van der Waals surface area (Å²) in [4.78, 5) is 34.5. The number of amides is 1. The molecule has 3 heterocycles. The van der Waals surface area contributed by atoms with E-state index < -0.39 is 11.4 Å². The predicted octanol–water partition coefficient (Wildman–Crippen LogP) is 3.24. The number of hydrogen-bond acceptors (Lipinski definition) is 6.